The van der Waals surface area contributed by atoms with Crippen LogP contribution in [0.25, 0.3) is 0 Å². The summed E-state index contributed by atoms with van der Waals surface area (Å²) in [5, 5.41) is 14.0. The molecular formula is C14H17N3O4. The van der Waals surface area contributed by atoms with E-state index in [1.54, 1.807) is 12.1 Å². The Morgan fingerprint density at radius 2 is 2.10 bits per heavy atom. The van der Waals surface area contributed by atoms with Crippen LogP contribution in [0.1, 0.15) is 0 Å². The van der Waals surface area contributed by atoms with E-state index in [-0.39, 0.29) is 18.2 Å². The predicted octanol–water partition coefficient (Wildman–Crippen LogP) is 0.651. The van der Waals surface area contributed by atoms with Crippen LogP contribution >= 0.6 is 0 Å². The van der Waals surface area contributed by atoms with Crippen molar-refractivity contribution in [3.8, 4) is 5.75 Å². The second-order valence-corrected chi connectivity index (χ2v) is 5.52. The lowest BCUT2D eigenvalue weighted by atomic mass is 10.0. The average Bonchev–Trinajstić information content (AvgIpc) is 3.06. The summed E-state index contributed by atoms with van der Waals surface area (Å²) in [4.78, 5) is 24.1. The summed E-state index contributed by atoms with van der Waals surface area (Å²) in [6, 6.07) is 5.88. The van der Waals surface area contributed by atoms with Gasteiger partial charge in [0.05, 0.1) is 11.0 Å². The van der Waals surface area contributed by atoms with E-state index in [2.05, 4.69) is 5.32 Å². The molecule has 1 aromatic carbocycles. The Hall–Kier alpha value is -2.15. The fourth-order valence-corrected chi connectivity index (χ4v) is 2.98. The third-order valence-electron chi connectivity index (χ3n) is 4.13. The molecule has 7 nitrogen and oxygen atoms in total. The van der Waals surface area contributed by atoms with Crippen LogP contribution < -0.4 is 10.1 Å². The second kappa shape index (κ2) is 5.69. The molecule has 0 aliphatic carbocycles. The van der Waals surface area contributed by atoms with Gasteiger partial charge >= 0.3 is 0 Å². The molecule has 2 fully saturated rings. The van der Waals surface area contributed by atoms with Crippen molar-refractivity contribution in [2.75, 3.05) is 32.8 Å². The topological polar surface area (TPSA) is 84.7 Å². The van der Waals surface area contributed by atoms with Gasteiger partial charge in [0.25, 0.3) is 11.6 Å². The first-order valence-corrected chi connectivity index (χ1v) is 6.99. The lowest BCUT2D eigenvalue weighted by Gasteiger charge is -2.17. The van der Waals surface area contributed by atoms with Crippen molar-refractivity contribution >= 4 is 11.6 Å². The number of ether oxygens (including phenoxy) is 1. The van der Waals surface area contributed by atoms with Crippen molar-refractivity contribution < 1.29 is 14.5 Å². The van der Waals surface area contributed by atoms with Crippen molar-refractivity contribution in [3.05, 3.63) is 34.4 Å². The molecule has 7 heteroatoms. The minimum absolute atomic E-state index is 0.0401. The van der Waals surface area contributed by atoms with Gasteiger partial charge in [-0.3, -0.25) is 14.9 Å². The number of benzene rings is 1. The zero-order chi connectivity index (χ0) is 14.8. The molecule has 1 amide bonds. The highest BCUT2D eigenvalue weighted by molar-refractivity contribution is 5.78. The van der Waals surface area contributed by atoms with Crippen LogP contribution in [0.4, 0.5) is 5.69 Å². The maximum Gasteiger partial charge on any atom is 0.273 e. The largest absolute Gasteiger partial charge is 0.484 e. The minimum atomic E-state index is -0.483. The van der Waals surface area contributed by atoms with Gasteiger partial charge in [0.15, 0.2) is 6.61 Å². The van der Waals surface area contributed by atoms with Gasteiger partial charge in [-0.25, -0.2) is 0 Å². The van der Waals surface area contributed by atoms with Gasteiger partial charge in [-0.05, 0) is 17.9 Å². The summed E-state index contributed by atoms with van der Waals surface area (Å²) < 4.78 is 5.38. The molecule has 0 aromatic heterocycles. The third-order valence-corrected chi connectivity index (χ3v) is 4.13. The SMILES string of the molecule is O=C(COc1cccc([N+](=O)[O-])c1)N1C[C@H]2CNC[C@H]2C1. The molecule has 1 aromatic rings. The van der Waals surface area contributed by atoms with Gasteiger partial charge in [0.2, 0.25) is 0 Å². The summed E-state index contributed by atoms with van der Waals surface area (Å²) in [5.41, 5.74) is -0.0401. The molecule has 1 N–H and O–H groups in total. The van der Waals surface area contributed by atoms with Crippen molar-refractivity contribution in [1.82, 2.24) is 10.2 Å². The van der Waals surface area contributed by atoms with Gasteiger partial charge in [0.1, 0.15) is 5.75 Å². The maximum atomic E-state index is 12.1. The molecule has 21 heavy (non-hydrogen) atoms. The summed E-state index contributed by atoms with van der Waals surface area (Å²) >= 11 is 0. The summed E-state index contributed by atoms with van der Waals surface area (Å²) in [6.07, 6.45) is 0. The number of rotatable bonds is 4. The molecule has 2 atom stereocenters. The van der Waals surface area contributed by atoms with Gasteiger partial charge < -0.3 is 15.0 Å². The Bertz CT molecular complexity index is 551. The molecule has 0 saturated carbocycles. The molecule has 0 unspecified atom stereocenters. The number of nitro groups is 1. The smallest absolute Gasteiger partial charge is 0.273 e. The van der Waals surface area contributed by atoms with E-state index in [0.717, 1.165) is 26.2 Å². The van der Waals surface area contributed by atoms with Crippen LogP contribution in [0.15, 0.2) is 24.3 Å². The first-order valence-electron chi connectivity index (χ1n) is 6.99. The fraction of sp³-hybridized carbons (Fsp3) is 0.500. The zero-order valence-corrected chi connectivity index (χ0v) is 11.5. The summed E-state index contributed by atoms with van der Waals surface area (Å²) in [5.74, 6) is 1.38. The first kappa shape index (κ1) is 13.8. The average molecular weight is 291 g/mol. The lowest BCUT2D eigenvalue weighted by molar-refractivity contribution is -0.384. The van der Waals surface area contributed by atoms with Crippen molar-refractivity contribution in [1.29, 1.82) is 0 Å². The third kappa shape index (κ3) is 2.97. The number of nitrogens with one attached hydrogen (secondary N) is 1. The first-order chi connectivity index (χ1) is 10.1. The molecule has 3 rings (SSSR count). The summed E-state index contributed by atoms with van der Waals surface area (Å²) in [7, 11) is 0. The van der Waals surface area contributed by atoms with E-state index in [1.165, 1.54) is 12.1 Å². The van der Waals surface area contributed by atoms with Gasteiger partial charge in [0, 0.05) is 32.2 Å². The Morgan fingerprint density at radius 1 is 1.38 bits per heavy atom. The molecule has 2 saturated heterocycles. The normalized spacial score (nSPS) is 23.9. The number of nitrogens with zero attached hydrogens (tertiary/aromatic N) is 2. The number of amides is 1. The maximum absolute atomic E-state index is 12.1. The molecule has 2 aliphatic heterocycles. The second-order valence-electron chi connectivity index (χ2n) is 5.52. The summed E-state index contributed by atoms with van der Waals surface area (Å²) in [6.45, 7) is 3.41. The van der Waals surface area contributed by atoms with Crippen molar-refractivity contribution in [3.63, 3.8) is 0 Å². The fourth-order valence-electron chi connectivity index (χ4n) is 2.98. The molecule has 112 valence electrons. The molecule has 0 spiro atoms. The van der Waals surface area contributed by atoms with Gasteiger partial charge in [-0.15, -0.1) is 0 Å². The number of hydrogen-bond donors (Lipinski definition) is 1. The van der Waals surface area contributed by atoms with Crippen LogP contribution in [0.5, 0.6) is 5.75 Å². The number of likely N-dealkylation sites (tertiary alicyclic amines) is 1. The molecule has 0 radical (unpaired) electrons. The number of nitro benzene ring substituents is 1. The number of carbonyl (C=O) groups excluding carboxylic acids is 1. The van der Waals surface area contributed by atoms with Crippen molar-refractivity contribution in [2.24, 2.45) is 11.8 Å². The highest BCUT2D eigenvalue weighted by Crippen LogP contribution is 2.26. The quantitative estimate of drug-likeness (QED) is 0.650. The molecule has 2 aliphatic rings. The van der Waals surface area contributed by atoms with Crippen LogP contribution in [-0.2, 0) is 4.79 Å². The predicted molar refractivity (Wildman–Crippen MR) is 75.0 cm³/mol. The monoisotopic (exact) mass is 291 g/mol. The standard InChI is InChI=1S/C14H17N3O4/c18-14(16-7-10-5-15-6-11(10)8-16)9-21-13-3-1-2-12(4-13)17(19)20/h1-4,10-11,15H,5-9H2/t10-,11+. The van der Waals surface area contributed by atoms with E-state index >= 15 is 0 Å². The van der Waals surface area contributed by atoms with E-state index in [9.17, 15) is 14.9 Å². The highest BCUT2D eigenvalue weighted by atomic mass is 16.6. The molecule has 0 bridgehead atoms. The van der Waals surface area contributed by atoms with E-state index in [4.69, 9.17) is 4.74 Å². The highest BCUT2D eigenvalue weighted by Gasteiger charge is 2.37. The minimum Gasteiger partial charge on any atom is -0.484 e. The zero-order valence-electron chi connectivity index (χ0n) is 11.5. The lowest BCUT2D eigenvalue weighted by Crippen LogP contribution is -2.35. The van der Waals surface area contributed by atoms with Crippen LogP contribution in [0.2, 0.25) is 0 Å². The van der Waals surface area contributed by atoms with Gasteiger partial charge in [-0.1, -0.05) is 6.07 Å². The number of hydrogen-bond acceptors (Lipinski definition) is 5. The van der Waals surface area contributed by atoms with Crippen LogP contribution in [0, 0.1) is 22.0 Å². The number of carbonyl (C=O) groups is 1. The number of fused-ring (bicyclic) bond motifs is 1. The van der Waals surface area contributed by atoms with E-state index < -0.39 is 4.92 Å². The molecular weight excluding hydrogens is 274 g/mol. The van der Waals surface area contributed by atoms with Crippen molar-refractivity contribution in [2.45, 2.75) is 0 Å². The molecule has 2 heterocycles. The Balaban J connectivity index is 1.54. The Morgan fingerprint density at radius 3 is 2.76 bits per heavy atom. The van der Waals surface area contributed by atoms with E-state index in [1.807, 2.05) is 4.90 Å². The van der Waals surface area contributed by atoms with Crippen LogP contribution in [0.3, 0.4) is 0 Å². The van der Waals surface area contributed by atoms with Gasteiger partial charge in [-0.2, -0.15) is 0 Å². The Kier molecular flexibility index (Phi) is 3.74. The van der Waals surface area contributed by atoms with E-state index in [0.29, 0.717) is 17.6 Å². The Labute approximate surface area is 122 Å². The van der Waals surface area contributed by atoms with Crippen LogP contribution in [-0.4, -0.2) is 48.5 Å². The number of non-ortho nitro benzene ring substituents is 1.